The van der Waals surface area contributed by atoms with E-state index in [-0.39, 0.29) is 0 Å². The minimum Gasteiger partial charge on any atom is -0.508 e. The minimum atomic E-state index is 0.344. The molecule has 1 aliphatic heterocycles. The van der Waals surface area contributed by atoms with Gasteiger partial charge in [-0.1, -0.05) is 6.07 Å². The van der Waals surface area contributed by atoms with Crippen molar-refractivity contribution in [1.82, 2.24) is 5.32 Å². The van der Waals surface area contributed by atoms with E-state index in [0.29, 0.717) is 11.7 Å². The van der Waals surface area contributed by atoms with Crippen LogP contribution in [0.3, 0.4) is 0 Å². The summed E-state index contributed by atoms with van der Waals surface area (Å²) in [7, 11) is 0. The van der Waals surface area contributed by atoms with E-state index in [9.17, 15) is 5.11 Å². The summed E-state index contributed by atoms with van der Waals surface area (Å²) in [5, 5.41) is 13.0. The summed E-state index contributed by atoms with van der Waals surface area (Å²) in [4.78, 5) is 0. The van der Waals surface area contributed by atoms with Crippen LogP contribution in [-0.2, 0) is 0 Å². The first-order valence-corrected chi connectivity index (χ1v) is 5.07. The molecule has 0 bridgehead atoms. The molecule has 0 aromatic heterocycles. The lowest BCUT2D eigenvalue weighted by Gasteiger charge is -2.24. The summed E-state index contributed by atoms with van der Waals surface area (Å²) in [6, 6.07) is 5.36. The van der Waals surface area contributed by atoms with Crippen LogP contribution in [0.2, 0.25) is 0 Å². The van der Waals surface area contributed by atoms with Crippen LogP contribution < -0.4 is 11.1 Å². The van der Waals surface area contributed by atoms with Crippen molar-refractivity contribution in [3.63, 3.8) is 0 Å². The maximum Gasteiger partial charge on any atom is 0.121 e. The first kappa shape index (κ1) is 9.34. The predicted molar refractivity (Wildman–Crippen MR) is 57.4 cm³/mol. The summed E-state index contributed by atoms with van der Waals surface area (Å²) < 4.78 is 0. The van der Waals surface area contributed by atoms with Gasteiger partial charge in [0.25, 0.3) is 0 Å². The van der Waals surface area contributed by atoms with Crippen molar-refractivity contribution < 1.29 is 5.11 Å². The zero-order chi connectivity index (χ0) is 9.97. The molecule has 1 aromatic rings. The molecule has 0 aliphatic carbocycles. The van der Waals surface area contributed by atoms with E-state index in [1.807, 2.05) is 6.07 Å². The van der Waals surface area contributed by atoms with E-state index >= 15 is 0 Å². The fourth-order valence-corrected chi connectivity index (χ4v) is 2.13. The fraction of sp³-hybridized carbons (Fsp3) is 0.455. The van der Waals surface area contributed by atoms with Crippen molar-refractivity contribution in [2.24, 2.45) is 0 Å². The molecule has 76 valence electrons. The highest BCUT2D eigenvalue weighted by molar-refractivity contribution is 5.55. The van der Waals surface area contributed by atoms with Gasteiger partial charge in [0.2, 0.25) is 0 Å². The van der Waals surface area contributed by atoms with Crippen LogP contribution in [0.25, 0.3) is 0 Å². The topological polar surface area (TPSA) is 58.3 Å². The summed E-state index contributed by atoms with van der Waals surface area (Å²) in [6.45, 7) is 2.02. The number of nitrogens with two attached hydrogens (primary N) is 1. The van der Waals surface area contributed by atoms with Gasteiger partial charge in [-0.05, 0) is 44.0 Å². The second kappa shape index (κ2) is 3.88. The number of phenols is 1. The lowest BCUT2D eigenvalue weighted by Crippen LogP contribution is -2.27. The maximum atomic E-state index is 9.74. The molecule has 1 heterocycles. The van der Waals surface area contributed by atoms with Gasteiger partial charge in [0, 0.05) is 11.3 Å². The lowest BCUT2D eigenvalue weighted by atomic mass is 9.88. The Morgan fingerprint density at radius 2 is 2.00 bits per heavy atom. The fourth-order valence-electron chi connectivity index (χ4n) is 2.13. The van der Waals surface area contributed by atoms with Crippen LogP contribution in [0.4, 0.5) is 5.69 Å². The molecule has 4 N–H and O–H groups in total. The Morgan fingerprint density at radius 3 is 2.64 bits per heavy atom. The van der Waals surface area contributed by atoms with Gasteiger partial charge in [0.15, 0.2) is 0 Å². The number of benzene rings is 1. The number of anilines is 1. The molecule has 3 nitrogen and oxygen atoms in total. The largest absolute Gasteiger partial charge is 0.508 e. The second-order valence-corrected chi connectivity index (χ2v) is 3.80. The Kier molecular flexibility index (Phi) is 2.59. The van der Waals surface area contributed by atoms with Gasteiger partial charge in [0.05, 0.1) is 0 Å². The van der Waals surface area contributed by atoms with Gasteiger partial charge < -0.3 is 16.2 Å². The highest BCUT2D eigenvalue weighted by Gasteiger charge is 2.20. The van der Waals surface area contributed by atoms with Gasteiger partial charge in [0.1, 0.15) is 5.75 Å². The molecule has 0 spiro atoms. The number of phenolic OH excluding ortho intramolecular Hbond substituents is 1. The Hall–Kier alpha value is -1.22. The van der Waals surface area contributed by atoms with Gasteiger partial charge in [-0.3, -0.25) is 0 Å². The number of nitrogens with one attached hydrogen (secondary N) is 1. The Labute approximate surface area is 83.9 Å². The lowest BCUT2D eigenvalue weighted by molar-refractivity contribution is 0.425. The molecule has 0 unspecified atom stereocenters. The molecule has 0 atom stereocenters. The van der Waals surface area contributed by atoms with Crippen molar-refractivity contribution in [3.8, 4) is 5.75 Å². The normalized spacial score (nSPS) is 18.3. The van der Waals surface area contributed by atoms with Crippen molar-refractivity contribution in [1.29, 1.82) is 0 Å². The number of piperidine rings is 1. The first-order valence-electron chi connectivity index (χ1n) is 5.07. The molecule has 1 aliphatic rings. The molecule has 3 heteroatoms. The average Bonchev–Trinajstić information content (AvgIpc) is 2.19. The molecule has 2 rings (SSSR count). The summed E-state index contributed by atoms with van der Waals surface area (Å²) >= 11 is 0. The SMILES string of the molecule is Nc1cccc(O)c1C1CCNCC1. The Balaban J connectivity index is 2.29. The second-order valence-electron chi connectivity index (χ2n) is 3.80. The molecular weight excluding hydrogens is 176 g/mol. The van der Waals surface area contributed by atoms with E-state index in [4.69, 9.17) is 5.73 Å². The molecule has 0 saturated carbocycles. The van der Waals surface area contributed by atoms with Crippen molar-refractivity contribution >= 4 is 5.69 Å². The molecule has 1 aromatic carbocycles. The third-order valence-electron chi connectivity index (χ3n) is 2.86. The van der Waals surface area contributed by atoms with Crippen LogP contribution in [0, 0.1) is 0 Å². The number of hydrogen-bond acceptors (Lipinski definition) is 3. The van der Waals surface area contributed by atoms with Crippen LogP contribution >= 0.6 is 0 Å². The van der Waals surface area contributed by atoms with Crippen LogP contribution in [0.1, 0.15) is 24.3 Å². The van der Waals surface area contributed by atoms with Gasteiger partial charge in [-0.2, -0.15) is 0 Å². The smallest absolute Gasteiger partial charge is 0.121 e. The van der Waals surface area contributed by atoms with Gasteiger partial charge >= 0.3 is 0 Å². The Morgan fingerprint density at radius 1 is 1.29 bits per heavy atom. The van der Waals surface area contributed by atoms with E-state index in [1.165, 1.54) is 0 Å². The van der Waals surface area contributed by atoms with Crippen molar-refractivity contribution in [2.45, 2.75) is 18.8 Å². The zero-order valence-corrected chi connectivity index (χ0v) is 8.16. The highest BCUT2D eigenvalue weighted by Crippen LogP contribution is 2.35. The monoisotopic (exact) mass is 192 g/mol. The highest BCUT2D eigenvalue weighted by atomic mass is 16.3. The number of rotatable bonds is 1. The molecule has 14 heavy (non-hydrogen) atoms. The van der Waals surface area contributed by atoms with E-state index in [0.717, 1.165) is 37.2 Å². The van der Waals surface area contributed by atoms with Crippen LogP contribution in [-0.4, -0.2) is 18.2 Å². The molecule has 1 fully saturated rings. The van der Waals surface area contributed by atoms with Crippen LogP contribution in [0.15, 0.2) is 18.2 Å². The molecule has 0 radical (unpaired) electrons. The van der Waals surface area contributed by atoms with Gasteiger partial charge in [-0.15, -0.1) is 0 Å². The molecule has 0 amide bonds. The third kappa shape index (κ3) is 1.68. The summed E-state index contributed by atoms with van der Waals surface area (Å²) in [6.07, 6.45) is 2.11. The minimum absolute atomic E-state index is 0.344. The third-order valence-corrected chi connectivity index (χ3v) is 2.86. The van der Waals surface area contributed by atoms with Crippen molar-refractivity contribution in [2.75, 3.05) is 18.8 Å². The average molecular weight is 192 g/mol. The summed E-state index contributed by atoms with van der Waals surface area (Å²) in [5.74, 6) is 0.759. The zero-order valence-electron chi connectivity index (χ0n) is 8.16. The number of nitrogen functional groups attached to an aromatic ring is 1. The number of hydrogen-bond donors (Lipinski definition) is 3. The van der Waals surface area contributed by atoms with E-state index in [2.05, 4.69) is 5.32 Å². The van der Waals surface area contributed by atoms with Crippen LogP contribution in [0.5, 0.6) is 5.75 Å². The van der Waals surface area contributed by atoms with Gasteiger partial charge in [-0.25, -0.2) is 0 Å². The quantitative estimate of drug-likeness (QED) is 0.590. The Bertz CT molecular complexity index is 299. The maximum absolute atomic E-state index is 9.74. The summed E-state index contributed by atoms with van der Waals surface area (Å²) in [5.41, 5.74) is 7.53. The molecular formula is C11H16N2O. The first-order chi connectivity index (χ1) is 6.79. The number of aromatic hydroxyl groups is 1. The molecule has 1 saturated heterocycles. The van der Waals surface area contributed by atoms with E-state index in [1.54, 1.807) is 12.1 Å². The van der Waals surface area contributed by atoms with Crippen molar-refractivity contribution in [3.05, 3.63) is 23.8 Å². The predicted octanol–water partition coefficient (Wildman–Crippen LogP) is 1.44. The van der Waals surface area contributed by atoms with E-state index < -0.39 is 0 Å². The standard InChI is InChI=1S/C11H16N2O/c12-9-2-1-3-10(14)11(9)8-4-6-13-7-5-8/h1-3,8,13-14H,4-7,12H2.